The van der Waals surface area contributed by atoms with Gasteiger partial charge in [0.15, 0.2) is 6.61 Å². The summed E-state index contributed by atoms with van der Waals surface area (Å²) in [7, 11) is 0. The first-order valence-corrected chi connectivity index (χ1v) is 6.88. The van der Waals surface area contributed by atoms with Gasteiger partial charge >= 0.3 is 29.9 Å². The van der Waals surface area contributed by atoms with Crippen molar-refractivity contribution in [2.24, 2.45) is 0 Å². The van der Waals surface area contributed by atoms with Crippen LogP contribution in [0.3, 0.4) is 0 Å². The van der Waals surface area contributed by atoms with E-state index in [-0.39, 0.29) is 6.54 Å². The number of esters is 1. The third kappa shape index (κ3) is 4.90. The Balaban J connectivity index is 2.59. The SMILES string of the molecule is O=C(CCN1CCOCC1)OCC(F)(F)C(F)(F)C(F)(F)C(F)(F)F. The molecule has 0 aromatic rings. The molecule has 0 N–H and O–H groups in total. The Kier molecular flexibility index (Phi) is 6.59. The predicted molar refractivity (Wildman–Crippen MR) is 63.7 cm³/mol. The van der Waals surface area contributed by atoms with Crippen molar-refractivity contribution in [2.75, 3.05) is 39.5 Å². The van der Waals surface area contributed by atoms with Crippen LogP contribution in [0.25, 0.3) is 0 Å². The predicted octanol–water partition coefficient (Wildman–Crippen LogP) is 2.72. The maximum Gasteiger partial charge on any atom is 0.460 e. The van der Waals surface area contributed by atoms with Crippen LogP contribution in [0.15, 0.2) is 0 Å². The molecule has 0 aliphatic carbocycles. The lowest BCUT2D eigenvalue weighted by atomic mass is 10.0. The number of ether oxygens (including phenoxy) is 2. The lowest BCUT2D eigenvalue weighted by Gasteiger charge is -2.33. The summed E-state index contributed by atoms with van der Waals surface area (Å²) in [6, 6.07) is 0. The molecule has 13 heteroatoms. The van der Waals surface area contributed by atoms with Crippen LogP contribution in [-0.2, 0) is 14.3 Å². The molecular formula is C12H14F9NO3. The van der Waals surface area contributed by atoms with E-state index in [9.17, 15) is 44.3 Å². The number of carbonyl (C=O) groups excluding carboxylic acids is 1. The quantitative estimate of drug-likeness (QED) is 0.494. The van der Waals surface area contributed by atoms with Gasteiger partial charge in [-0.3, -0.25) is 9.69 Å². The summed E-state index contributed by atoms with van der Waals surface area (Å²) in [6.07, 6.45) is -7.43. The van der Waals surface area contributed by atoms with Gasteiger partial charge in [0.05, 0.1) is 19.6 Å². The van der Waals surface area contributed by atoms with Gasteiger partial charge in [-0.25, -0.2) is 0 Å². The van der Waals surface area contributed by atoms with Gasteiger partial charge < -0.3 is 9.47 Å². The van der Waals surface area contributed by atoms with E-state index < -0.39 is 42.9 Å². The fourth-order valence-corrected chi connectivity index (χ4v) is 1.82. The van der Waals surface area contributed by atoms with Gasteiger partial charge in [-0.05, 0) is 0 Å². The second kappa shape index (κ2) is 7.56. The number of hydrogen-bond donors (Lipinski definition) is 0. The third-order valence-electron chi connectivity index (χ3n) is 3.36. The average Bonchev–Trinajstić information content (AvgIpc) is 2.50. The molecule has 0 unspecified atom stereocenters. The molecule has 0 saturated carbocycles. The summed E-state index contributed by atoms with van der Waals surface area (Å²) >= 11 is 0. The highest BCUT2D eigenvalue weighted by atomic mass is 19.4. The monoisotopic (exact) mass is 391 g/mol. The van der Waals surface area contributed by atoms with Crippen LogP contribution in [0.5, 0.6) is 0 Å². The van der Waals surface area contributed by atoms with Crippen LogP contribution in [0.4, 0.5) is 39.5 Å². The molecular weight excluding hydrogens is 377 g/mol. The summed E-state index contributed by atoms with van der Waals surface area (Å²) < 4.78 is 122. The highest BCUT2D eigenvalue weighted by Gasteiger charge is 2.81. The van der Waals surface area contributed by atoms with Gasteiger partial charge in [0.1, 0.15) is 0 Å². The number of morpholine rings is 1. The van der Waals surface area contributed by atoms with E-state index in [4.69, 9.17) is 4.74 Å². The molecule has 4 nitrogen and oxygen atoms in total. The number of hydrogen-bond acceptors (Lipinski definition) is 4. The molecule has 0 bridgehead atoms. The Labute approximate surface area is 135 Å². The van der Waals surface area contributed by atoms with Crippen LogP contribution in [0, 0.1) is 0 Å². The zero-order valence-corrected chi connectivity index (χ0v) is 12.5. The van der Waals surface area contributed by atoms with E-state index in [0.717, 1.165) is 0 Å². The normalized spacial score (nSPS) is 18.3. The second-order valence-electron chi connectivity index (χ2n) is 5.22. The van der Waals surface area contributed by atoms with E-state index in [2.05, 4.69) is 4.74 Å². The number of nitrogens with zero attached hydrogens (tertiary/aromatic N) is 1. The first-order chi connectivity index (χ1) is 11.2. The van der Waals surface area contributed by atoms with E-state index >= 15 is 0 Å². The molecule has 1 rings (SSSR count). The Morgan fingerprint density at radius 2 is 1.44 bits per heavy atom. The van der Waals surface area contributed by atoms with E-state index in [1.807, 2.05) is 0 Å². The first kappa shape index (κ1) is 21.8. The van der Waals surface area contributed by atoms with Crippen LogP contribution in [0.1, 0.15) is 6.42 Å². The molecule has 0 spiro atoms. The standard InChI is InChI=1S/C12H14F9NO3/c13-9(14,10(15,16)11(17,18)12(19,20)21)7-25-8(23)1-2-22-3-5-24-6-4-22/h1-7H2. The largest absolute Gasteiger partial charge is 0.460 e. The van der Waals surface area contributed by atoms with Gasteiger partial charge in [-0.2, -0.15) is 39.5 Å². The summed E-state index contributed by atoms with van der Waals surface area (Å²) in [6.45, 7) is -1.06. The molecule has 0 radical (unpaired) electrons. The van der Waals surface area contributed by atoms with Crippen molar-refractivity contribution < 1.29 is 53.8 Å². The van der Waals surface area contributed by atoms with Crippen LogP contribution >= 0.6 is 0 Å². The number of rotatable bonds is 7. The molecule has 148 valence electrons. The highest BCUT2D eigenvalue weighted by Crippen LogP contribution is 2.53. The Hall–Kier alpha value is -1.24. The van der Waals surface area contributed by atoms with Crippen molar-refractivity contribution in [3.8, 4) is 0 Å². The molecule has 0 aromatic heterocycles. The molecule has 0 atom stereocenters. The summed E-state index contributed by atoms with van der Waals surface area (Å²) in [5.41, 5.74) is 0. The fourth-order valence-electron chi connectivity index (χ4n) is 1.82. The van der Waals surface area contributed by atoms with Crippen molar-refractivity contribution in [3.05, 3.63) is 0 Å². The average molecular weight is 391 g/mol. The maximum atomic E-state index is 13.1. The van der Waals surface area contributed by atoms with Gasteiger partial charge in [0, 0.05) is 19.6 Å². The molecule has 1 aliphatic rings. The number of alkyl halides is 9. The van der Waals surface area contributed by atoms with Gasteiger partial charge in [0.2, 0.25) is 0 Å². The van der Waals surface area contributed by atoms with Crippen LogP contribution in [-0.4, -0.2) is 74.3 Å². The smallest absolute Gasteiger partial charge is 0.459 e. The molecule has 1 saturated heterocycles. The van der Waals surface area contributed by atoms with Crippen LogP contribution < -0.4 is 0 Å². The molecule has 1 heterocycles. The molecule has 1 fully saturated rings. The van der Waals surface area contributed by atoms with Crippen molar-refractivity contribution in [1.82, 2.24) is 4.90 Å². The molecule has 25 heavy (non-hydrogen) atoms. The van der Waals surface area contributed by atoms with E-state index in [1.165, 1.54) is 0 Å². The topological polar surface area (TPSA) is 38.8 Å². The van der Waals surface area contributed by atoms with Crippen molar-refractivity contribution in [2.45, 2.75) is 30.4 Å². The number of halogens is 9. The van der Waals surface area contributed by atoms with E-state index in [0.29, 0.717) is 26.3 Å². The van der Waals surface area contributed by atoms with E-state index in [1.54, 1.807) is 4.90 Å². The Morgan fingerprint density at radius 3 is 1.92 bits per heavy atom. The zero-order chi connectivity index (χ0) is 19.5. The van der Waals surface area contributed by atoms with Crippen molar-refractivity contribution in [3.63, 3.8) is 0 Å². The Morgan fingerprint density at radius 1 is 0.920 bits per heavy atom. The van der Waals surface area contributed by atoms with Crippen LogP contribution in [0.2, 0.25) is 0 Å². The Bertz CT molecular complexity index is 461. The molecule has 0 amide bonds. The highest BCUT2D eigenvalue weighted by molar-refractivity contribution is 5.69. The van der Waals surface area contributed by atoms with Gasteiger partial charge in [-0.15, -0.1) is 0 Å². The first-order valence-electron chi connectivity index (χ1n) is 6.88. The maximum absolute atomic E-state index is 13.1. The van der Waals surface area contributed by atoms with Crippen molar-refractivity contribution in [1.29, 1.82) is 0 Å². The summed E-state index contributed by atoms with van der Waals surface area (Å²) in [5, 5.41) is 0. The minimum Gasteiger partial charge on any atom is -0.459 e. The lowest BCUT2D eigenvalue weighted by molar-refractivity contribution is -0.398. The summed E-state index contributed by atoms with van der Waals surface area (Å²) in [4.78, 5) is 12.9. The molecule has 1 aliphatic heterocycles. The molecule has 0 aromatic carbocycles. The minimum absolute atomic E-state index is 0.00285. The van der Waals surface area contributed by atoms with Gasteiger partial charge in [-0.1, -0.05) is 0 Å². The fraction of sp³-hybridized carbons (Fsp3) is 0.917. The number of carbonyl (C=O) groups is 1. The zero-order valence-electron chi connectivity index (χ0n) is 12.5. The second-order valence-corrected chi connectivity index (χ2v) is 5.22. The lowest BCUT2D eigenvalue weighted by Crippen LogP contribution is -2.62. The van der Waals surface area contributed by atoms with Crippen molar-refractivity contribution >= 4 is 5.97 Å². The minimum atomic E-state index is -7.00. The third-order valence-corrected chi connectivity index (χ3v) is 3.36. The summed E-state index contributed by atoms with van der Waals surface area (Å²) in [5.74, 6) is -21.1. The van der Waals surface area contributed by atoms with Gasteiger partial charge in [0.25, 0.3) is 0 Å².